The lowest BCUT2D eigenvalue weighted by molar-refractivity contribution is -0.131. The fourth-order valence-corrected chi connectivity index (χ4v) is 2.43. The Morgan fingerprint density at radius 3 is 3.04 bits per heavy atom. The summed E-state index contributed by atoms with van der Waals surface area (Å²) < 4.78 is 19.2. The molecule has 1 aliphatic rings. The van der Waals surface area contributed by atoms with Crippen LogP contribution >= 0.6 is 11.6 Å². The van der Waals surface area contributed by atoms with Gasteiger partial charge in [0.15, 0.2) is 0 Å². The minimum absolute atomic E-state index is 0.172. The van der Waals surface area contributed by atoms with Gasteiger partial charge < -0.3 is 14.9 Å². The zero-order valence-corrected chi connectivity index (χ0v) is 13.9. The van der Waals surface area contributed by atoms with Crippen molar-refractivity contribution in [2.24, 2.45) is 5.16 Å². The van der Waals surface area contributed by atoms with Crippen molar-refractivity contribution in [1.82, 2.24) is 5.32 Å². The van der Waals surface area contributed by atoms with Gasteiger partial charge in [0.1, 0.15) is 5.82 Å². The van der Waals surface area contributed by atoms with E-state index in [1.807, 2.05) is 13.8 Å². The Labute approximate surface area is 139 Å². The summed E-state index contributed by atoms with van der Waals surface area (Å²) in [5.41, 5.74) is 0.534. The SMILES string of the molecule is CC(C)OCCCNC(=O)C1CC(c2c(F)cccc2Cl)=NO1. The lowest BCUT2D eigenvalue weighted by Crippen LogP contribution is -2.35. The zero-order chi connectivity index (χ0) is 16.8. The summed E-state index contributed by atoms with van der Waals surface area (Å²) >= 11 is 5.99. The molecule has 2 rings (SSSR count). The summed E-state index contributed by atoms with van der Waals surface area (Å²) in [6.07, 6.45) is 0.315. The Hall–Kier alpha value is -1.66. The van der Waals surface area contributed by atoms with Crippen molar-refractivity contribution in [1.29, 1.82) is 0 Å². The first kappa shape index (κ1) is 17.7. The van der Waals surface area contributed by atoms with E-state index in [1.54, 1.807) is 6.07 Å². The molecule has 5 nitrogen and oxygen atoms in total. The molecule has 0 fully saturated rings. The molecule has 1 unspecified atom stereocenters. The van der Waals surface area contributed by atoms with Gasteiger partial charge in [-0.25, -0.2) is 4.39 Å². The molecule has 1 heterocycles. The topological polar surface area (TPSA) is 59.9 Å². The van der Waals surface area contributed by atoms with Crippen molar-refractivity contribution in [3.05, 3.63) is 34.6 Å². The van der Waals surface area contributed by atoms with Gasteiger partial charge >= 0.3 is 0 Å². The molecule has 1 N–H and O–H groups in total. The molecule has 1 aromatic rings. The third-order valence-electron chi connectivity index (χ3n) is 3.28. The second kappa shape index (κ2) is 8.26. The van der Waals surface area contributed by atoms with Gasteiger partial charge in [0.2, 0.25) is 6.10 Å². The summed E-state index contributed by atoms with van der Waals surface area (Å²) in [4.78, 5) is 17.1. The van der Waals surface area contributed by atoms with E-state index in [0.29, 0.717) is 25.3 Å². The van der Waals surface area contributed by atoms with Crippen LogP contribution in [0.3, 0.4) is 0 Å². The number of oxime groups is 1. The van der Waals surface area contributed by atoms with E-state index in [2.05, 4.69) is 10.5 Å². The van der Waals surface area contributed by atoms with Crippen LogP contribution in [-0.4, -0.2) is 37.0 Å². The molecule has 1 aliphatic heterocycles. The molecular weight excluding hydrogens is 323 g/mol. The highest BCUT2D eigenvalue weighted by atomic mass is 35.5. The van der Waals surface area contributed by atoms with Gasteiger partial charge in [-0.3, -0.25) is 4.79 Å². The molecular formula is C16H20ClFN2O3. The fourth-order valence-electron chi connectivity index (χ4n) is 2.16. The molecule has 7 heteroatoms. The largest absolute Gasteiger partial charge is 0.382 e. The second-order valence-electron chi connectivity index (χ2n) is 5.50. The van der Waals surface area contributed by atoms with Gasteiger partial charge in [0.25, 0.3) is 5.91 Å². The lowest BCUT2D eigenvalue weighted by atomic mass is 10.0. The first-order valence-electron chi connectivity index (χ1n) is 7.55. The number of nitrogens with zero attached hydrogens (tertiary/aromatic N) is 1. The first-order chi connectivity index (χ1) is 11.0. The number of ether oxygens (including phenoxy) is 1. The number of amides is 1. The highest BCUT2D eigenvalue weighted by Crippen LogP contribution is 2.25. The van der Waals surface area contributed by atoms with E-state index >= 15 is 0 Å². The summed E-state index contributed by atoms with van der Waals surface area (Å²) in [5, 5.41) is 6.81. The van der Waals surface area contributed by atoms with E-state index in [1.165, 1.54) is 12.1 Å². The lowest BCUT2D eigenvalue weighted by Gasteiger charge is -2.10. The third-order valence-corrected chi connectivity index (χ3v) is 3.60. The third kappa shape index (κ3) is 4.91. The van der Waals surface area contributed by atoms with Crippen LogP contribution < -0.4 is 5.32 Å². The number of hydrogen-bond acceptors (Lipinski definition) is 4. The van der Waals surface area contributed by atoms with Gasteiger partial charge in [-0.1, -0.05) is 22.8 Å². The van der Waals surface area contributed by atoms with E-state index in [4.69, 9.17) is 21.2 Å². The minimum Gasteiger partial charge on any atom is -0.382 e. The first-order valence-corrected chi connectivity index (χ1v) is 7.93. The molecule has 0 aromatic heterocycles. The summed E-state index contributed by atoms with van der Waals surface area (Å²) in [6, 6.07) is 4.39. The molecule has 0 saturated heterocycles. The molecule has 0 spiro atoms. The van der Waals surface area contributed by atoms with Crippen LogP contribution in [0.4, 0.5) is 4.39 Å². The predicted molar refractivity (Wildman–Crippen MR) is 86.2 cm³/mol. The van der Waals surface area contributed by atoms with Gasteiger partial charge in [-0.2, -0.15) is 0 Å². The van der Waals surface area contributed by atoms with Crippen LogP contribution in [0.5, 0.6) is 0 Å². The van der Waals surface area contributed by atoms with Crippen molar-refractivity contribution >= 4 is 23.2 Å². The molecule has 1 atom stereocenters. The molecule has 1 amide bonds. The molecule has 0 aliphatic carbocycles. The van der Waals surface area contributed by atoms with Crippen LogP contribution in [0.1, 0.15) is 32.3 Å². The summed E-state index contributed by atoms with van der Waals surface area (Å²) in [5.74, 6) is -0.757. The smallest absolute Gasteiger partial charge is 0.264 e. The zero-order valence-electron chi connectivity index (χ0n) is 13.1. The molecule has 126 valence electrons. The van der Waals surface area contributed by atoms with E-state index < -0.39 is 11.9 Å². The van der Waals surface area contributed by atoms with Crippen LogP contribution in [-0.2, 0) is 14.4 Å². The van der Waals surface area contributed by atoms with Gasteiger partial charge in [-0.05, 0) is 32.4 Å². The normalized spacial score (nSPS) is 17.1. The maximum absolute atomic E-state index is 13.8. The fraction of sp³-hybridized carbons (Fsp3) is 0.500. The Morgan fingerprint density at radius 2 is 2.35 bits per heavy atom. The summed E-state index contributed by atoms with van der Waals surface area (Å²) in [7, 11) is 0. The second-order valence-corrected chi connectivity index (χ2v) is 5.90. The molecule has 0 bridgehead atoms. The maximum atomic E-state index is 13.8. The number of rotatable bonds is 7. The van der Waals surface area contributed by atoms with Crippen molar-refractivity contribution in [2.75, 3.05) is 13.2 Å². The average Bonchev–Trinajstić information content (AvgIpc) is 2.96. The van der Waals surface area contributed by atoms with E-state index in [0.717, 1.165) is 0 Å². The Kier molecular flexibility index (Phi) is 6.36. The number of carbonyl (C=O) groups excluding carboxylic acids is 1. The number of benzene rings is 1. The summed E-state index contributed by atoms with van der Waals surface area (Å²) in [6.45, 7) is 4.98. The predicted octanol–water partition coefficient (Wildman–Crippen LogP) is 2.90. The molecule has 0 saturated carbocycles. The van der Waals surface area contributed by atoms with E-state index in [9.17, 15) is 9.18 Å². The van der Waals surface area contributed by atoms with Gasteiger partial charge in [0, 0.05) is 19.6 Å². The standard InChI is InChI=1S/C16H20ClFN2O3/c1-10(2)22-8-4-7-19-16(21)14-9-13(20-23-14)15-11(17)5-3-6-12(15)18/h3,5-6,10,14H,4,7-9H2,1-2H3,(H,19,21). The van der Waals surface area contributed by atoms with Crippen LogP contribution in [0.15, 0.2) is 23.4 Å². The maximum Gasteiger partial charge on any atom is 0.264 e. The van der Waals surface area contributed by atoms with Crippen LogP contribution in [0.2, 0.25) is 5.02 Å². The monoisotopic (exact) mass is 342 g/mol. The highest BCUT2D eigenvalue weighted by molar-refractivity contribution is 6.34. The Balaban J connectivity index is 1.81. The Morgan fingerprint density at radius 1 is 1.57 bits per heavy atom. The van der Waals surface area contributed by atoms with Crippen LogP contribution in [0, 0.1) is 5.82 Å². The average molecular weight is 343 g/mol. The number of halogens is 2. The van der Waals surface area contributed by atoms with Crippen LogP contribution in [0.25, 0.3) is 0 Å². The number of carbonyl (C=O) groups is 1. The van der Waals surface area contributed by atoms with Crippen molar-refractivity contribution in [3.8, 4) is 0 Å². The van der Waals surface area contributed by atoms with Gasteiger partial charge in [-0.15, -0.1) is 0 Å². The van der Waals surface area contributed by atoms with E-state index in [-0.39, 0.29) is 29.0 Å². The quantitative estimate of drug-likeness (QED) is 0.775. The number of hydrogen-bond donors (Lipinski definition) is 1. The minimum atomic E-state index is -0.758. The van der Waals surface area contributed by atoms with Crippen molar-refractivity contribution in [3.63, 3.8) is 0 Å². The highest BCUT2D eigenvalue weighted by Gasteiger charge is 2.30. The molecule has 1 aromatic carbocycles. The number of nitrogens with one attached hydrogen (secondary N) is 1. The Bertz CT molecular complexity index is 572. The molecule has 0 radical (unpaired) electrons. The van der Waals surface area contributed by atoms with Crippen molar-refractivity contribution in [2.45, 2.75) is 38.9 Å². The van der Waals surface area contributed by atoms with Crippen molar-refractivity contribution < 1.29 is 18.8 Å². The molecule has 23 heavy (non-hydrogen) atoms. The van der Waals surface area contributed by atoms with Gasteiger partial charge in [0.05, 0.1) is 22.4 Å².